The number of piperidine rings is 1. The maximum atomic E-state index is 12.4. The van der Waals surface area contributed by atoms with E-state index >= 15 is 0 Å². The summed E-state index contributed by atoms with van der Waals surface area (Å²) in [5.74, 6) is 0.488. The summed E-state index contributed by atoms with van der Waals surface area (Å²) < 4.78 is 31.5. The molecule has 0 spiro atoms. The molecule has 108 valence electrons. The number of sulfonamides is 1. The van der Waals surface area contributed by atoms with Crippen LogP contribution in [-0.4, -0.2) is 50.8 Å². The molecule has 2 heterocycles. The summed E-state index contributed by atoms with van der Waals surface area (Å²) in [4.78, 5) is 2.14. The Balaban J connectivity index is 2.09. The second-order valence-corrected chi connectivity index (χ2v) is 6.89. The minimum atomic E-state index is -3.51. The molecule has 0 bridgehead atoms. The number of rotatable bonds is 4. The first-order valence-electron chi connectivity index (χ1n) is 6.40. The van der Waals surface area contributed by atoms with Crippen LogP contribution in [0.3, 0.4) is 0 Å². The van der Waals surface area contributed by atoms with Crippen molar-refractivity contribution in [3.05, 3.63) is 17.9 Å². The Morgan fingerprint density at radius 2 is 2.00 bits per heavy atom. The summed E-state index contributed by atoms with van der Waals surface area (Å²) in [7, 11) is 0.538. The Kier molecular flexibility index (Phi) is 4.29. The van der Waals surface area contributed by atoms with Gasteiger partial charge in [0, 0.05) is 19.1 Å². The van der Waals surface area contributed by atoms with Crippen LogP contribution in [0.1, 0.15) is 18.6 Å². The van der Waals surface area contributed by atoms with Gasteiger partial charge in [-0.15, -0.1) is 0 Å². The van der Waals surface area contributed by atoms with Crippen molar-refractivity contribution in [1.29, 1.82) is 0 Å². The number of nitrogens with two attached hydrogens (primary N) is 1. The first-order valence-corrected chi connectivity index (χ1v) is 7.84. The highest BCUT2D eigenvalue weighted by Crippen LogP contribution is 2.23. The molecule has 7 heteroatoms. The highest BCUT2D eigenvalue weighted by molar-refractivity contribution is 7.89. The van der Waals surface area contributed by atoms with Crippen LogP contribution in [0.5, 0.6) is 0 Å². The van der Waals surface area contributed by atoms with Crippen LogP contribution in [0.2, 0.25) is 0 Å². The van der Waals surface area contributed by atoms with Crippen molar-refractivity contribution in [2.45, 2.75) is 30.5 Å². The van der Waals surface area contributed by atoms with Crippen LogP contribution in [-0.2, 0) is 16.6 Å². The Morgan fingerprint density at radius 1 is 1.37 bits per heavy atom. The van der Waals surface area contributed by atoms with E-state index in [0.717, 1.165) is 12.8 Å². The molecule has 2 N–H and O–H groups in total. The highest BCUT2D eigenvalue weighted by atomic mass is 32.2. The van der Waals surface area contributed by atoms with Crippen molar-refractivity contribution in [1.82, 2.24) is 9.21 Å². The molecule has 0 amide bonds. The molecule has 2 rings (SSSR count). The molecule has 1 aliphatic heterocycles. The lowest BCUT2D eigenvalue weighted by Gasteiger charge is -2.33. The second-order valence-electron chi connectivity index (χ2n) is 5.02. The zero-order valence-electron chi connectivity index (χ0n) is 11.4. The first kappa shape index (κ1) is 14.5. The summed E-state index contributed by atoms with van der Waals surface area (Å²) in [6.07, 6.45) is 1.69. The van der Waals surface area contributed by atoms with E-state index in [1.54, 1.807) is 6.07 Å². The third-order valence-electron chi connectivity index (χ3n) is 3.59. The molecule has 0 atom stereocenters. The van der Waals surface area contributed by atoms with Crippen molar-refractivity contribution in [3.8, 4) is 0 Å². The van der Waals surface area contributed by atoms with Crippen molar-refractivity contribution in [2.24, 2.45) is 5.73 Å². The monoisotopic (exact) mass is 287 g/mol. The first-order chi connectivity index (χ1) is 8.95. The van der Waals surface area contributed by atoms with Crippen molar-refractivity contribution < 1.29 is 12.8 Å². The third-order valence-corrected chi connectivity index (χ3v) is 5.36. The quantitative estimate of drug-likeness (QED) is 0.870. The van der Waals surface area contributed by atoms with Gasteiger partial charge in [0.15, 0.2) is 0 Å². The zero-order valence-corrected chi connectivity index (χ0v) is 12.2. The number of furan rings is 1. The summed E-state index contributed by atoms with van der Waals surface area (Å²) >= 11 is 0. The van der Waals surface area contributed by atoms with E-state index in [2.05, 4.69) is 4.90 Å². The Labute approximate surface area is 114 Å². The largest absolute Gasteiger partial charge is 0.447 e. The Morgan fingerprint density at radius 3 is 2.47 bits per heavy atom. The standard InChI is InChI=1S/C12H21N3O3S/c1-14(2)10-5-7-15(8-6-10)19(16,17)12-4-3-11(9-13)18-12/h3-4,10H,5-9,13H2,1-2H3. The minimum Gasteiger partial charge on any atom is -0.447 e. The van der Waals surface area contributed by atoms with Gasteiger partial charge in [0.25, 0.3) is 10.0 Å². The van der Waals surface area contributed by atoms with Crippen LogP contribution < -0.4 is 5.73 Å². The average Bonchev–Trinajstić information content (AvgIpc) is 2.88. The molecule has 0 aromatic carbocycles. The van der Waals surface area contributed by atoms with Crippen LogP contribution in [0.25, 0.3) is 0 Å². The molecular formula is C12H21N3O3S. The van der Waals surface area contributed by atoms with Gasteiger partial charge in [-0.1, -0.05) is 0 Å². The smallest absolute Gasteiger partial charge is 0.276 e. The lowest BCUT2D eigenvalue weighted by Crippen LogP contribution is -2.44. The average molecular weight is 287 g/mol. The maximum absolute atomic E-state index is 12.4. The molecule has 1 aromatic heterocycles. The predicted octanol–water partition coefficient (Wildman–Crippen LogP) is 0.453. The molecule has 0 aliphatic carbocycles. The minimum absolute atomic E-state index is 0.00347. The number of hydrogen-bond acceptors (Lipinski definition) is 5. The lowest BCUT2D eigenvalue weighted by atomic mass is 10.1. The van der Waals surface area contributed by atoms with Crippen molar-refractivity contribution in [2.75, 3.05) is 27.2 Å². The van der Waals surface area contributed by atoms with Gasteiger partial charge in [-0.05, 0) is 39.1 Å². The summed E-state index contributed by atoms with van der Waals surface area (Å²) in [6, 6.07) is 3.54. The summed E-state index contributed by atoms with van der Waals surface area (Å²) in [5.41, 5.74) is 5.43. The van der Waals surface area contributed by atoms with E-state index in [1.165, 1.54) is 10.4 Å². The summed E-state index contributed by atoms with van der Waals surface area (Å²) in [6.45, 7) is 1.27. The van der Waals surface area contributed by atoms with E-state index < -0.39 is 10.0 Å². The molecular weight excluding hydrogens is 266 g/mol. The van der Waals surface area contributed by atoms with Gasteiger partial charge in [-0.2, -0.15) is 4.31 Å². The van der Waals surface area contributed by atoms with Crippen LogP contribution in [0, 0.1) is 0 Å². The third kappa shape index (κ3) is 3.00. The molecule has 0 saturated carbocycles. The molecule has 1 aromatic rings. The van der Waals surface area contributed by atoms with Crippen LogP contribution in [0.4, 0.5) is 0 Å². The molecule has 0 radical (unpaired) electrons. The highest BCUT2D eigenvalue weighted by Gasteiger charge is 2.32. The van der Waals surface area contributed by atoms with Gasteiger partial charge in [0.05, 0.1) is 6.54 Å². The summed E-state index contributed by atoms with van der Waals surface area (Å²) in [5, 5.41) is -0.00347. The Bertz CT molecular complexity index is 516. The second kappa shape index (κ2) is 5.62. The van der Waals surface area contributed by atoms with E-state index in [-0.39, 0.29) is 11.6 Å². The molecule has 1 fully saturated rings. The van der Waals surface area contributed by atoms with Gasteiger partial charge in [0.1, 0.15) is 5.76 Å². The van der Waals surface area contributed by atoms with Crippen LogP contribution >= 0.6 is 0 Å². The number of hydrogen-bond donors (Lipinski definition) is 1. The van der Waals surface area contributed by atoms with E-state index in [4.69, 9.17) is 10.2 Å². The van der Waals surface area contributed by atoms with Crippen molar-refractivity contribution in [3.63, 3.8) is 0 Å². The van der Waals surface area contributed by atoms with Crippen molar-refractivity contribution >= 4 is 10.0 Å². The van der Waals surface area contributed by atoms with Gasteiger partial charge in [-0.3, -0.25) is 0 Å². The van der Waals surface area contributed by atoms with Gasteiger partial charge in [0.2, 0.25) is 5.09 Å². The zero-order chi connectivity index (χ0) is 14.0. The topological polar surface area (TPSA) is 79.8 Å². The van der Waals surface area contributed by atoms with E-state index in [1.807, 2.05) is 14.1 Å². The molecule has 1 aliphatic rings. The molecule has 0 unspecified atom stereocenters. The predicted molar refractivity (Wildman–Crippen MR) is 72.1 cm³/mol. The van der Waals surface area contributed by atoms with Gasteiger partial charge >= 0.3 is 0 Å². The van der Waals surface area contributed by atoms with E-state index in [9.17, 15) is 8.42 Å². The Hall–Kier alpha value is -0.890. The lowest BCUT2D eigenvalue weighted by molar-refractivity contribution is 0.195. The fraction of sp³-hybridized carbons (Fsp3) is 0.667. The fourth-order valence-corrected chi connectivity index (χ4v) is 3.73. The van der Waals surface area contributed by atoms with Gasteiger partial charge < -0.3 is 15.1 Å². The SMILES string of the molecule is CN(C)C1CCN(S(=O)(=O)c2ccc(CN)o2)CC1. The van der Waals surface area contributed by atoms with E-state index in [0.29, 0.717) is 24.9 Å². The van der Waals surface area contributed by atoms with Crippen LogP contribution in [0.15, 0.2) is 21.6 Å². The fourth-order valence-electron chi connectivity index (χ4n) is 2.33. The molecule has 6 nitrogen and oxygen atoms in total. The number of nitrogens with zero attached hydrogens (tertiary/aromatic N) is 2. The maximum Gasteiger partial charge on any atom is 0.276 e. The molecule has 19 heavy (non-hydrogen) atoms. The normalized spacial score (nSPS) is 19.2. The van der Waals surface area contributed by atoms with Gasteiger partial charge in [-0.25, -0.2) is 8.42 Å². The molecule has 1 saturated heterocycles.